The highest BCUT2D eigenvalue weighted by molar-refractivity contribution is 5.75. The van der Waals surface area contributed by atoms with Gasteiger partial charge in [0.05, 0.1) is 7.11 Å². The van der Waals surface area contributed by atoms with Crippen LogP contribution in [-0.4, -0.2) is 45.3 Å². The molecule has 0 bridgehead atoms. The second-order valence-electron chi connectivity index (χ2n) is 4.04. The van der Waals surface area contributed by atoms with Crippen LogP contribution in [0.3, 0.4) is 0 Å². The van der Waals surface area contributed by atoms with E-state index in [0.29, 0.717) is 11.7 Å². The molecule has 8 nitrogen and oxygen atoms in total. The molecule has 0 spiro atoms. The Morgan fingerprint density at radius 3 is 2.95 bits per heavy atom. The van der Waals surface area contributed by atoms with E-state index in [1.807, 2.05) is 13.8 Å². The van der Waals surface area contributed by atoms with Crippen LogP contribution in [0.2, 0.25) is 0 Å². The van der Waals surface area contributed by atoms with Gasteiger partial charge in [-0.25, -0.2) is 4.98 Å². The Hall–Kier alpha value is -2.22. The number of aromatic nitrogens is 4. The standard InChI is InChI=1S/C11H15N5O3/c1-6-7(2)15-11-13-5-14-16(11)9(6)19-4-8(12)10(17)18-3/h5,8H,4,12H2,1-3H3. The number of aryl methyl sites for hydroxylation is 1. The maximum Gasteiger partial charge on any atom is 0.326 e. The summed E-state index contributed by atoms with van der Waals surface area (Å²) in [4.78, 5) is 19.5. The lowest BCUT2D eigenvalue weighted by Crippen LogP contribution is -2.37. The smallest absolute Gasteiger partial charge is 0.326 e. The van der Waals surface area contributed by atoms with Gasteiger partial charge in [0, 0.05) is 11.3 Å². The Morgan fingerprint density at radius 1 is 1.53 bits per heavy atom. The number of carbonyl (C=O) groups excluding carboxylic acids is 1. The average Bonchev–Trinajstić information content (AvgIpc) is 2.85. The van der Waals surface area contributed by atoms with Crippen molar-refractivity contribution in [1.82, 2.24) is 19.6 Å². The van der Waals surface area contributed by atoms with Crippen LogP contribution in [0.4, 0.5) is 0 Å². The number of rotatable bonds is 4. The third-order valence-corrected chi connectivity index (χ3v) is 2.76. The third kappa shape index (κ3) is 2.48. The van der Waals surface area contributed by atoms with E-state index >= 15 is 0 Å². The second kappa shape index (κ2) is 5.19. The maximum absolute atomic E-state index is 11.2. The summed E-state index contributed by atoms with van der Waals surface area (Å²) in [6.07, 6.45) is 1.38. The van der Waals surface area contributed by atoms with E-state index < -0.39 is 12.0 Å². The molecule has 2 aromatic heterocycles. The summed E-state index contributed by atoms with van der Waals surface area (Å²) in [6.45, 7) is 3.69. The van der Waals surface area contributed by atoms with Gasteiger partial charge in [0.25, 0.3) is 5.78 Å². The number of fused-ring (bicyclic) bond motifs is 1. The van der Waals surface area contributed by atoms with Gasteiger partial charge in [-0.1, -0.05) is 0 Å². The van der Waals surface area contributed by atoms with Gasteiger partial charge in [0.1, 0.15) is 19.0 Å². The molecule has 102 valence electrons. The highest BCUT2D eigenvalue weighted by Gasteiger charge is 2.18. The predicted octanol–water partition coefficient (Wildman–Crippen LogP) is -0.380. The molecule has 0 aliphatic rings. The molecule has 2 N–H and O–H groups in total. The first-order chi connectivity index (χ1) is 9.04. The molecule has 19 heavy (non-hydrogen) atoms. The molecule has 8 heteroatoms. The quantitative estimate of drug-likeness (QED) is 0.751. The number of hydrogen-bond donors (Lipinski definition) is 1. The van der Waals surface area contributed by atoms with Crippen LogP contribution >= 0.6 is 0 Å². The summed E-state index contributed by atoms with van der Waals surface area (Å²) in [5.74, 6) is 0.377. The van der Waals surface area contributed by atoms with Gasteiger partial charge in [-0.3, -0.25) is 4.79 Å². The van der Waals surface area contributed by atoms with Crippen molar-refractivity contribution < 1.29 is 14.3 Å². The lowest BCUT2D eigenvalue weighted by Gasteiger charge is -2.14. The first-order valence-corrected chi connectivity index (χ1v) is 5.67. The molecule has 0 saturated heterocycles. The number of hydrogen-bond acceptors (Lipinski definition) is 7. The molecular weight excluding hydrogens is 250 g/mol. The number of methoxy groups -OCH3 is 1. The molecule has 0 aliphatic carbocycles. The van der Waals surface area contributed by atoms with E-state index in [-0.39, 0.29) is 6.61 Å². The van der Waals surface area contributed by atoms with Crippen LogP contribution in [0.25, 0.3) is 5.78 Å². The van der Waals surface area contributed by atoms with Crippen LogP contribution in [0.5, 0.6) is 5.88 Å². The van der Waals surface area contributed by atoms with Gasteiger partial charge in [0.15, 0.2) is 0 Å². The van der Waals surface area contributed by atoms with E-state index in [1.54, 1.807) is 0 Å². The predicted molar refractivity (Wildman–Crippen MR) is 65.7 cm³/mol. The van der Waals surface area contributed by atoms with Crippen molar-refractivity contribution in [3.63, 3.8) is 0 Å². The molecule has 2 heterocycles. The van der Waals surface area contributed by atoms with Crippen LogP contribution in [0, 0.1) is 13.8 Å². The van der Waals surface area contributed by atoms with Crippen molar-refractivity contribution in [3.05, 3.63) is 17.6 Å². The second-order valence-corrected chi connectivity index (χ2v) is 4.04. The fraction of sp³-hybridized carbons (Fsp3) is 0.455. The first-order valence-electron chi connectivity index (χ1n) is 5.67. The summed E-state index contributed by atoms with van der Waals surface area (Å²) in [7, 11) is 1.28. The SMILES string of the molecule is COC(=O)C(N)COc1c(C)c(C)nc2ncnn12. The van der Waals surface area contributed by atoms with E-state index in [4.69, 9.17) is 10.5 Å². The van der Waals surface area contributed by atoms with Crippen molar-refractivity contribution >= 4 is 11.7 Å². The molecule has 0 aliphatic heterocycles. The third-order valence-electron chi connectivity index (χ3n) is 2.76. The van der Waals surface area contributed by atoms with E-state index in [2.05, 4.69) is 19.8 Å². The largest absolute Gasteiger partial charge is 0.475 e. The zero-order chi connectivity index (χ0) is 14.0. The van der Waals surface area contributed by atoms with Crippen molar-refractivity contribution in [2.75, 3.05) is 13.7 Å². The van der Waals surface area contributed by atoms with Gasteiger partial charge in [0.2, 0.25) is 5.88 Å². The van der Waals surface area contributed by atoms with Crippen molar-refractivity contribution in [1.29, 1.82) is 0 Å². The molecule has 0 aromatic carbocycles. The lowest BCUT2D eigenvalue weighted by molar-refractivity contribution is -0.142. The van der Waals surface area contributed by atoms with Gasteiger partial charge in [-0.15, -0.1) is 0 Å². The Labute approximate surface area is 109 Å². The summed E-state index contributed by atoms with van der Waals surface area (Å²) < 4.78 is 11.6. The average molecular weight is 265 g/mol. The highest BCUT2D eigenvalue weighted by Crippen LogP contribution is 2.20. The summed E-state index contributed by atoms with van der Waals surface area (Å²) in [5, 5.41) is 4.02. The van der Waals surface area contributed by atoms with Crippen LogP contribution in [-0.2, 0) is 9.53 Å². The minimum atomic E-state index is -0.851. The number of esters is 1. The van der Waals surface area contributed by atoms with Crippen LogP contribution < -0.4 is 10.5 Å². The van der Waals surface area contributed by atoms with Crippen molar-refractivity contribution in [2.45, 2.75) is 19.9 Å². The first kappa shape index (κ1) is 13.2. The fourth-order valence-corrected chi connectivity index (χ4v) is 1.56. The van der Waals surface area contributed by atoms with E-state index in [1.165, 1.54) is 18.0 Å². The normalized spacial score (nSPS) is 12.4. The number of carbonyl (C=O) groups is 1. The molecule has 2 aromatic rings. The zero-order valence-corrected chi connectivity index (χ0v) is 11.0. The topological polar surface area (TPSA) is 105 Å². The van der Waals surface area contributed by atoms with Crippen molar-refractivity contribution in [2.24, 2.45) is 5.73 Å². The highest BCUT2D eigenvalue weighted by atomic mass is 16.5. The molecule has 0 saturated carbocycles. The molecule has 0 radical (unpaired) electrons. The number of nitrogens with zero attached hydrogens (tertiary/aromatic N) is 4. The molecule has 0 amide bonds. The summed E-state index contributed by atoms with van der Waals surface area (Å²) >= 11 is 0. The monoisotopic (exact) mass is 265 g/mol. The summed E-state index contributed by atoms with van der Waals surface area (Å²) in [6, 6.07) is -0.851. The summed E-state index contributed by atoms with van der Waals surface area (Å²) in [5.41, 5.74) is 7.22. The fourth-order valence-electron chi connectivity index (χ4n) is 1.56. The number of nitrogens with two attached hydrogens (primary N) is 1. The maximum atomic E-state index is 11.2. The Morgan fingerprint density at radius 2 is 2.26 bits per heavy atom. The van der Waals surface area contributed by atoms with E-state index in [0.717, 1.165) is 11.3 Å². The van der Waals surface area contributed by atoms with Crippen molar-refractivity contribution in [3.8, 4) is 5.88 Å². The van der Waals surface area contributed by atoms with Crippen LogP contribution in [0.1, 0.15) is 11.3 Å². The number of ether oxygens (including phenoxy) is 2. The van der Waals surface area contributed by atoms with Gasteiger partial charge >= 0.3 is 5.97 Å². The Bertz CT molecular complexity index is 610. The zero-order valence-electron chi connectivity index (χ0n) is 11.0. The molecule has 2 rings (SSSR count). The molecule has 1 atom stereocenters. The van der Waals surface area contributed by atoms with Gasteiger partial charge in [-0.05, 0) is 13.8 Å². The van der Waals surface area contributed by atoms with Gasteiger partial charge < -0.3 is 15.2 Å². The minimum absolute atomic E-state index is 0.00801. The lowest BCUT2D eigenvalue weighted by atomic mass is 10.2. The Kier molecular flexibility index (Phi) is 3.61. The molecule has 1 unspecified atom stereocenters. The van der Waals surface area contributed by atoms with Crippen LogP contribution in [0.15, 0.2) is 6.33 Å². The molecule has 0 fully saturated rings. The molecular formula is C11H15N5O3. The minimum Gasteiger partial charge on any atom is -0.475 e. The van der Waals surface area contributed by atoms with E-state index in [9.17, 15) is 4.79 Å². The Balaban J connectivity index is 2.27. The van der Waals surface area contributed by atoms with Gasteiger partial charge in [-0.2, -0.15) is 14.6 Å².